The highest BCUT2D eigenvalue weighted by molar-refractivity contribution is 5.69. The number of hydrogen-bond donors (Lipinski definition) is 1. The van der Waals surface area contributed by atoms with Gasteiger partial charge in [0.1, 0.15) is 0 Å². The van der Waals surface area contributed by atoms with Gasteiger partial charge in [0.25, 0.3) is 0 Å². The fraction of sp³-hybridized carbons (Fsp3) is 0.357. The Balaban J connectivity index is 2.52. The van der Waals surface area contributed by atoms with Crippen molar-refractivity contribution < 1.29 is 0 Å². The summed E-state index contributed by atoms with van der Waals surface area (Å²) in [4.78, 5) is 0. The van der Waals surface area contributed by atoms with Crippen molar-refractivity contribution >= 4 is 0 Å². The third kappa shape index (κ3) is 2.24. The van der Waals surface area contributed by atoms with Crippen LogP contribution in [-0.4, -0.2) is 16.8 Å². The number of benzene rings is 1. The minimum absolute atomic E-state index is 0.832. The van der Waals surface area contributed by atoms with E-state index in [-0.39, 0.29) is 0 Å². The van der Waals surface area contributed by atoms with Gasteiger partial charge in [0.15, 0.2) is 0 Å². The molecule has 1 N–H and O–H groups in total. The SMILES string of the molecule is CNCc1c(-c2ccc(C)cc2C)cnn1C. The molecule has 0 amide bonds. The summed E-state index contributed by atoms with van der Waals surface area (Å²) in [5.74, 6) is 0. The van der Waals surface area contributed by atoms with E-state index in [0.29, 0.717) is 0 Å². The summed E-state index contributed by atoms with van der Waals surface area (Å²) < 4.78 is 1.94. The molecule has 0 radical (unpaired) electrons. The Bertz CT molecular complexity index is 526. The van der Waals surface area contributed by atoms with Gasteiger partial charge in [0.05, 0.1) is 11.9 Å². The van der Waals surface area contributed by atoms with Crippen molar-refractivity contribution in [1.82, 2.24) is 15.1 Å². The molecule has 3 heteroatoms. The monoisotopic (exact) mass is 229 g/mol. The van der Waals surface area contributed by atoms with Crippen LogP contribution in [0.2, 0.25) is 0 Å². The van der Waals surface area contributed by atoms with E-state index < -0.39 is 0 Å². The Labute approximate surface area is 102 Å². The van der Waals surface area contributed by atoms with Crippen molar-refractivity contribution in [2.75, 3.05) is 7.05 Å². The fourth-order valence-corrected chi connectivity index (χ4v) is 2.18. The van der Waals surface area contributed by atoms with Gasteiger partial charge < -0.3 is 5.32 Å². The maximum atomic E-state index is 4.35. The van der Waals surface area contributed by atoms with Crippen LogP contribution in [0.1, 0.15) is 16.8 Å². The van der Waals surface area contributed by atoms with Gasteiger partial charge in [-0.25, -0.2) is 0 Å². The molecule has 0 unspecified atom stereocenters. The summed E-state index contributed by atoms with van der Waals surface area (Å²) in [6.45, 7) is 5.10. The molecule has 3 nitrogen and oxygen atoms in total. The highest BCUT2D eigenvalue weighted by Gasteiger charge is 2.11. The maximum Gasteiger partial charge on any atom is 0.0597 e. The minimum atomic E-state index is 0.832. The first kappa shape index (κ1) is 11.9. The average molecular weight is 229 g/mol. The van der Waals surface area contributed by atoms with E-state index >= 15 is 0 Å². The van der Waals surface area contributed by atoms with Crippen LogP contribution in [0, 0.1) is 13.8 Å². The topological polar surface area (TPSA) is 29.9 Å². The van der Waals surface area contributed by atoms with Gasteiger partial charge in [-0.05, 0) is 32.0 Å². The molecule has 0 saturated carbocycles. The van der Waals surface area contributed by atoms with E-state index in [4.69, 9.17) is 0 Å². The molecular formula is C14H19N3. The van der Waals surface area contributed by atoms with E-state index in [2.05, 4.69) is 42.5 Å². The molecule has 90 valence electrons. The lowest BCUT2D eigenvalue weighted by Crippen LogP contribution is -2.10. The third-order valence-electron chi connectivity index (χ3n) is 3.08. The zero-order valence-corrected chi connectivity index (χ0v) is 10.9. The van der Waals surface area contributed by atoms with Crippen molar-refractivity contribution in [3.05, 3.63) is 41.2 Å². The van der Waals surface area contributed by atoms with Crippen LogP contribution in [0.5, 0.6) is 0 Å². The van der Waals surface area contributed by atoms with Crippen molar-refractivity contribution in [2.45, 2.75) is 20.4 Å². The van der Waals surface area contributed by atoms with Crippen molar-refractivity contribution in [3.8, 4) is 11.1 Å². The molecule has 17 heavy (non-hydrogen) atoms. The Hall–Kier alpha value is -1.61. The molecular weight excluding hydrogens is 210 g/mol. The van der Waals surface area contributed by atoms with Gasteiger partial charge in [0, 0.05) is 19.2 Å². The Morgan fingerprint density at radius 2 is 2.00 bits per heavy atom. The van der Waals surface area contributed by atoms with Crippen LogP contribution >= 0.6 is 0 Å². The predicted molar refractivity (Wildman–Crippen MR) is 70.9 cm³/mol. The lowest BCUT2D eigenvalue weighted by molar-refractivity contribution is 0.673. The number of nitrogens with one attached hydrogen (secondary N) is 1. The second kappa shape index (κ2) is 4.72. The van der Waals surface area contributed by atoms with E-state index in [1.165, 1.54) is 27.9 Å². The summed E-state index contributed by atoms with van der Waals surface area (Å²) in [7, 11) is 3.94. The van der Waals surface area contributed by atoms with Gasteiger partial charge in [-0.2, -0.15) is 5.10 Å². The summed E-state index contributed by atoms with van der Waals surface area (Å²) in [6, 6.07) is 6.55. The molecule has 2 aromatic rings. The van der Waals surface area contributed by atoms with Crippen molar-refractivity contribution in [1.29, 1.82) is 0 Å². The molecule has 0 fully saturated rings. The first-order chi connectivity index (χ1) is 8.13. The molecule has 0 bridgehead atoms. The smallest absolute Gasteiger partial charge is 0.0597 e. The number of aromatic nitrogens is 2. The molecule has 1 heterocycles. The summed E-state index contributed by atoms with van der Waals surface area (Å²) in [5, 5.41) is 7.54. The molecule has 0 aliphatic rings. The molecule has 0 spiro atoms. The van der Waals surface area contributed by atoms with E-state index in [0.717, 1.165) is 6.54 Å². The Morgan fingerprint density at radius 1 is 1.24 bits per heavy atom. The Kier molecular flexibility index (Phi) is 3.29. The summed E-state index contributed by atoms with van der Waals surface area (Å²) in [6.07, 6.45) is 1.95. The van der Waals surface area contributed by atoms with Gasteiger partial charge in [-0.1, -0.05) is 23.8 Å². The van der Waals surface area contributed by atoms with Crippen LogP contribution in [0.15, 0.2) is 24.4 Å². The number of aryl methyl sites for hydroxylation is 3. The second-order valence-electron chi connectivity index (χ2n) is 4.48. The highest BCUT2D eigenvalue weighted by Crippen LogP contribution is 2.27. The zero-order valence-electron chi connectivity index (χ0n) is 10.9. The normalized spacial score (nSPS) is 10.8. The largest absolute Gasteiger partial charge is 0.314 e. The van der Waals surface area contributed by atoms with Gasteiger partial charge in [-0.15, -0.1) is 0 Å². The number of nitrogens with zero attached hydrogens (tertiary/aromatic N) is 2. The maximum absolute atomic E-state index is 4.35. The van der Waals surface area contributed by atoms with Crippen molar-refractivity contribution in [3.63, 3.8) is 0 Å². The van der Waals surface area contributed by atoms with Crippen LogP contribution < -0.4 is 5.32 Å². The van der Waals surface area contributed by atoms with Crippen LogP contribution in [0.3, 0.4) is 0 Å². The lowest BCUT2D eigenvalue weighted by Gasteiger charge is -2.09. The predicted octanol–water partition coefficient (Wildman–Crippen LogP) is 2.42. The highest BCUT2D eigenvalue weighted by atomic mass is 15.3. The lowest BCUT2D eigenvalue weighted by atomic mass is 9.99. The fourth-order valence-electron chi connectivity index (χ4n) is 2.18. The van der Waals surface area contributed by atoms with Crippen molar-refractivity contribution in [2.24, 2.45) is 7.05 Å². The number of rotatable bonds is 3. The van der Waals surface area contributed by atoms with Crippen LogP contribution in [0.4, 0.5) is 0 Å². The minimum Gasteiger partial charge on any atom is -0.314 e. The average Bonchev–Trinajstić information content (AvgIpc) is 2.62. The van der Waals surface area contributed by atoms with Crippen LogP contribution in [0.25, 0.3) is 11.1 Å². The first-order valence-corrected chi connectivity index (χ1v) is 5.86. The molecule has 1 aromatic carbocycles. The quantitative estimate of drug-likeness (QED) is 0.876. The molecule has 2 rings (SSSR count). The summed E-state index contributed by atoms with van der Waals surface area (Å²) in [5.41, 5.74) is 6.31. The van der Waals surface area contributed by atoms with E-state index in [1.54, 1.807) is 0 Å². The molecule has 0 aliphatic heterocycles. The summed E-state index contributed by atoms with van der Waals surface area (Å²) >= 11 is 0. The third-order valence-corrected chi connectivity index (χ3v) is 3.08. The molecule has 0 aliphatic carbocycles. The molecule has 0 atom stereocenters. The van der Waals surface area contributed by atoms with E-state index in [1.807, 2.05) is 25.0 Å². The number of hydrogen-bond acceptors (Lipinski definition) is 2. The van der Waals surface area contributed by atoms with E-state index in [9.17, 15) is 0 Å². The zero-order chi connectivity index (χ0) is 12.4. The van der Waals surface area contributed by atoms with Gasteiger partial charge in [0.2, 0.25) is 0 Å². The van der Waals surface area contributed by atoms with Gasteiger partial charge >= 0.3 is 0 Å². The second-order valence-corrected chi connectivity index (χ2v) is 4.48. The molecule has 0 saturated heterocycles. The first-order valence-electron chi connectivity index (χ1n) is 5.86. The van der Waals surface area contributed by atoms with Crippen LogP contribution in [-0.2, 0) is 13.6 Å². The standard InChI is InChI=1S/C14H19N3/c1-10-5-6-12(11(2)7-10)13-8-16-17(4)14(13)9-15-3/h5-8,15H,9H2,1-4H3. The van der Waals surface area contributed by atoms with Gasteiger partial charge in [-0.3, -0.25) is 4.68 Å². The Morgan fingerprint density at radius 3 is 2.65 bits per heavy atom. The molecule has 1 aromatic heterocycles.